The number of nitrogens with two attached hydrogens (primary N) is 1. The summed E-state index contributed by atoms with van der Waals surface area (Å²) in [6, 6.07) is 3.30. The van der Waals surface area contributed by atoms with E-state index < -0.39 is 0 Å². The van der Waals surface area contributed by atoms with Crippen LogP contribution >= 0.6 is 35.6 Å². The molecule has 1 aromatic rings. The Morgan fingerprint density at radius 1 is 1.30 bits per heavy atom. The van der Waals surface area contributed by atoms with Crippen molar-refractivity contribution in [2.45, 2.75) is 18.9 Å². The predicted octanol–water partition coefficient (Wildman–Crippen LogP) is 2.99. The van der Waals surface area contributed by atoms with E-state index in [0.717, 1.165) is 12.8 Å². The number of ether oxygens (including phenoxy) is 1. The molecule has 1 aromatic carbocycles. The van der Waals surface area contributed by atoms with Gasteiger partial charge in [0.15, 0.2) is 0 Å². The van der Waals surface area contributed by atoms with Crippen molar-refractivity contribution in [1.29, 1.82) is 0 Å². The largest absolute Gasteiger partial charge is 0.496 e. The van der Waals surface area contributed by atoms with E-state index in [1.165, 1.54) is 7.11 Å². The predicted molar refractivity (Wildman–Crippen MR) is 83.4 cm³/mol. The summed E-state index contributed by atoms with van der Waals surface area (Å²) >= 11 is 11.9. The molecule has 0 aliphatic carbocycles. The number of rotatable bonds is 2. The molecule has 1 aliphatic rings. The molecule has 2 N–H and O–H groups in total. The summed E-state index contributed by atoms with van der Waals surface area (Å²) in [5.41, 5.74) is 6.27. The first-order valence-corrected chi connectivity index (χ1v) is 6.86. The first-order chi connectivity index (χ1) is 9.02. The molecule has 20 heavy (non-hydrogen) atoms. The summed E-state index contributed by atoms with van der Waals surface area (Å²) in [5.74, 6) is 0.344. The maximum absolute atomic E-state index is 12.5. The first kappa shape index (κ1) is 17.4. The van der Waals surface area contributed by atoms with Crippen LogP contribution in [0, 0.1) is 0 Å². The highest BCUT2D eigenvalue weighted by atomic mass is 35.5. The highest BCUT2D eigenvalue weighted by molar-refractivity contribution is 6.42. The molecular formula is C13H17Cl3N2O2. The third-order valence-electron chi connectivity index (χ3n) is 3.30. The molecule has 0 atom stereocenters. The van der Waals surface area contributed by atoms with Crippen molar-refractivity contribution in [3.8, 4) is 5.75 Å². The van der Waals surface area contributed by atoms with Crippen molar-refractivity contribution in [3.63, 3.8) is 0 Å². The zero-order valence-electron chi connectivity index (χ0n) is 11.1. The maximum Gasteiger partial charge on any atom is 0.257 e. The molecule has 0 saturated carbocycles. The second-order valence-corrected chi connectivity index (χ2v) is 5.41. The van der Waals surface area contributed by atoms with Crippen LogP contribution in [0.25, 0.3) is 0 Å². The molecule has 0 radical (unpaired) electrons. The molecule has 1 fully saturated rings. The van der Waals surface area contributed by atoms with E-state index >= 15 is 0 Å². The molecule has 1 aliphatic heterocycles. The van der Waals surface area contributed by atoms with Gasteiger partial charge in [-0.05, 0) is 18.9 Å². The smallest absolute Gasteiger partial charge is 0.257 e. The van der Waals surface area contributed by atoms with Crippen LogP contribution in [-0.4, -0.2) is 37.0 Å². The molecule has 0 spiro atoms. The number of carbonyl (C=O) groups is 1. The van der Waals surface area contributed by atoms with Crippen molar-refractivity contribution in [2.75, 3.05) is 20.2 Å². The van der Waals surface area contributed by atoms with Gasteiger partial charge < -0.3 is 15.4 Å². The van der Waals surface area contributed by atoms with E-state index in [4.69, 9.17) is 33.7 Å². The van der Waals surface area contributed by atoms with Crippen molar-refractivity contribution in [1.82, 2.24) is 4.90 Å². The number of benzene rings is 1. The van der Waals surface area contributed by atoms with Gasteiger partial charge in [-0.3, -0.25) is 4.79 Å². The van der Waals surface area contributed by atoms with Gasteiger partial charge in [0.1, 0.15) is 5.75 Å². The van der Waals surface area contributed by atoms with Crippen LogP contribution in [0.3, 0.4) is 0 Å². The van der Waals surface area contributed by atoms with E-state index in [1.807, 2.05) is 0 Å². The minimum Gasteiger partial charge on any atom is -0.496 e. The Morgan fingerprint density at radius 2 is 1.85 bits per heavy atom. The molecule has 1 amide bonds. The summed E-state index contributed by atoms with van der Waals surface area (Å²) in [5, 5.41) is 0.718. The minimum absolute atomic E-state index is 0. The number of halogens is 3. The second-order valence-electron chi connectivity index (χ2n) is 4.60. The minimum atomic E-state index is -0.0951. The van der Waals surface area contributed by atoms with Gasteiger partial charge in [0.05, 0.1) is 22.7 Å². The third-order valence-corrected chi connectivity index (χ3v) is 4.02. The van der Waals surface area contributed by atoms with Crippen molar-refractivity contribution in [2.24, 2.45) is 5.73 Å². The Morgan fingerprint density at radius 3 is 2.40 bits per heavy atom. The van der Waals surface area contributed by atoms with Gasteiger partial charge in [-0.2, -0.15) is 0 Å². The number of carbonyl (C=O) groups excluding carboxylic acids is 1. The molecule has 0 unspecified atom stereocenters. The lowest BCUT2D eigenvalue weighted by atomic mass is 10.0. The molecule has 4 nitrogen and oxygen atoms in total. The Labute approximate surface area is 134 Å². The van der Waals surface area contributed by atoms with Crippen LogP contribution in [0.2, 0.25) is 10.0 Å². The number of likely N-dealkylation sites (tertiary alicyclic amines) is 1. The van der Waals surface area contributed by atoms with E-state index in [-0.39, 0.29) is 24.4 Å². The van der Waals surface area contributed by atoms with E-state index in [0.29, 0.717) is 34.4 Å². The van der Waals surface area contributed by atoms with Crippen molar-refractivity contribution >= 4 is 41.5 Å². The van der Waals surface area contributed by atoms with Gasteiger partial charge in [0, 0.05) is 25.2 Å². The highest BCUT2D eigenvalue weighted by Crippen LogP contribution is 2.31. The number of amides is 1. The summed E-state index contributed by atoms with van der Waals surface area (Å²) < 4.78 is 5.20. The monoisotopic (exact) mass is 338 g/mol. The van der Waals surface area contributed by atoms with Crippen molar-refractivity contribution in [3.05, 3.63) is 27.7 Å². The zero-order chi connectivity index (χ0) is 14.0. The summed E-state index contributed by atoms with van der Waals surface area (Å²) in [4.78, 5) is 14.2. The van der Waals surface area contributed by atoms with E-state index in [9.17, 15) is 4.79 Å². The summed E-state index contributed by atoms with van der Waals surface area (Å²) in [6.07, 6.45) is 1.63. The average molecular weight is 340 g/mol. The Hall–Kier alpha value is -0.680. The highest BCUT2D eigenvalue weighted by Gasteiger charge is 2.24. The first-order valence-electron chi connectivity index (χ1n) is 6.11. The number of nitrogens with zero attached hydrogens (tertiary/aromatic N) is 1. The van der Waals surface area contributed by atoms with E-state index in [2.05, 4.69) is 0 Å². The maximum atomic E-state index is 12.5. The van der Waals surface area contributed by atoms with Crippen LogP contribution < -0.4 is 10.5 Å². The van der Waals surface area contributed by atoms with Crippen LogP contribution in [0.5, 0.6) is 5.75 Å². The lowest BCUT2D eigenvalue weighted by Crippen LogP contribution is -2.42. The number of hydrogen-bond donors (Lipinski definition) is 1. The Bertz CT molecular complexity index is 489. The van der Waals surface area contributed by atoms with Gasteiger partial charge in [-0.15, -0.1) is 12.4 Å². The van der Waals surface area contributed by atoms with Gasteiger partial charge in [-0.1, -0.05) is 23.2 Å². The topological polar surface area (TPSA) is 55.6 Å². The lowest BCUT2D eigenvalue weighted by molar-refractivity contribution is 0.0711. The Balaban J connectivity index is 0.00000200. The normalized spacial score (nSPS) is 15.7. The molecule has 112 valence electrons. The lowest BCUT2D eigenvalue weighted by Gasteiger charge is -2.30. The SMILES string of the molecule is COc1cc(Cl)c(Cl)cc1C(=O)N1CCC(N)CC1.Cl. The second kappa shape index (κ2) is 7.36. The molecule has 1 heterocycles. The Kier molecular flexibility index (Phi) is 6.40. The fraction of sp³-hybridized carbons (Fsp3) is 0.462. The quantitative estimate of drug-likeness (QED) is 0.901. The van der Waals surface area contributed by atoms with Gasteiger partial charge >= 0.3 is 0 Å². The fourth-order valence-electron chi connectivity index (χ4n) is 2.14. The molecule has 0 aromatic heterocycles. The number of piperidine rings is 1. The van der Waals surface area contributed by atoms with Crippen LogP contribution in [0.4, 0.5) is 0 Å². The molecule has 2 rings (SSSR count). The number of methoxy groups -OCH3 is 1. The standard InChI is InChI=1S/C13H16Cl2N2O2.ClH/c1-19-12-7-11(15)10(14)6-9(12)13(18)17-4-2-8(16)3-5-17;/h6-8H,2-5,16H2,1H3;1H. The summed E-state index contributed by atoms with van der Waals surface area (Å²) in [6.45, 7) is 1.31. The van der Waals surface area contributed by atoms with Gasteiger partial charge in [-0.25, -0.2) is 0 Å². The van der Waals surface area contributed by atoms with Gasteiger partial charge in [0.25, 0.3) is 5.91 Å². The van der Waals surface area contributed by atoms with Crippen LogP contribution in [-0.2, 0) is 0 Å². The van der Waals surface area contributed by atoms with Gasteiger partial charge in [0.2, 0.25) is 0 Å². The molecule has 7 heteroatoms. The fourth-order valence-corrected chi connectivity index (χ4v) is 2.45. The molecule has 0 bridgehead atoms. The summed E-state index contributed by atoms with van der Waals surface area (Å²) in [7, 11) is 1.50. The average Bonchev–Trinajstić information content (AvgIpc) is 2.41. The number of hydrogen-bond acceptors (Lipinski definition) is 3. The van der Waals surface area contributed by atoms with Crippen LogP contribution in [0.15, 0.2) is 12.1 Å². The van der Waals surface area contributed by atoms with Crippen LogP contribution in [0.1, 0.15) is 23.2 Å². The zero-order valence-corrected chi connectivity index (χ0v) is 13.4. The molecule has 1 saturated heterocycles. The van der Waals surface area contributed by atoms with Crippen molar-refractivity contribution < 1.29 is 9.53 Å². The molecular weight excluding hydrogens is 323 g/mol. The van der Waals surface area contributed by atoms with E-state index in [1.54, 1.807) is 17.0 Å². The third kappa shape index (κ3) is 3.70.